The van der Waals surface area contributed by atoms with Crippen molar-refractivity contribution in [2.75, 3.05) is 25.6 Å². The molecule has 1 fully saturated rings. The molecule has 0 aromatic rings. The lowest BCUT2D eigenvalue weighted by Crippen LogP contribution is -2.44. The number of likely N-dealkylation sites (tertiary alicyclic amines) is 1. The van der Waals surface area contributed by atoms with Crippen LogP contribution in [-0.4, -0.2) is 47.7 Å². The quantitative estimate of drug-likeness (QED) is 0.738. The van der Waals surface area contributed by atoms with Gasteiger partial charge < -0.3 is 10.0 Å². The molecule has 1 aliphatic rings. The Morgan fingerprint density at radius 3 is 2.47 bits per heavy atom. The lowest BCUT2D eigenvalue weighted by molar-refractivity contribution is -0.230. The molecule has 1 saturated heterocycles. The minimum Gasteiger partial charge on any atom is -0.395 e. The number of nitrogens with zero attached hydrogens (tertiary/aromatic N) is 1. The molecule has 1 rings (SSSR count). The van der Waals surface area contributed by atoms with Gasteiger partial charge in [0.1, 0.15) is 11.3 Å². The third kappa shape index (κ3) is 2.20. The molecule has 0 radical (unpaired) electrons. The van der Waals surface area contributed by atoms with Crippen LogP contribution in [-0.2, 0) is 4.79 Å². The first kappa shape index (κ1) is 12.6. The van der Waals surface area contributed by atoms with Crippen molar-refractivity contribution in [1.29, 1.82) is 0 Å². The van der Waals surface area contributed by atoms with Gasteiger partial charge in [-0.3, -0.25) is 4.79 Å². The number of hydrogen-bond acceptors (Lipinski definition) is 2. The SMILES string of the molecule is O=C(CCl)N1CC[C@@](CO)(C(F)(F)F)C1. The van der Waals surface area contributed by atoms with Gasteiger partial charge in [0, 0.05) is 13.1 Å². The van der Waals surface area contributed by atoms with E-state index in [-0.39, 0.29) is 18.8 Å². The van der Waals surface area contributed by atoms with Gasteiger partial charge in [0.2, 0.25) is 5.91 Å². The molecule has 88 valence electrons. The number of aliphatic hydroxyl groups excluding tert-OH is 1. The molecule has 1 amide bonds. The monoisotopic (exact) mass is 245 g/mol. The Morgan fingerprint density at radius 2 is 2.13 bits per heavy atom. The van der Waals surface area contributed by atoms with Crippen LogP contribution in [0, 0.1) is 5.41 Å². The van der Waals surface area contributed by atoms with Gasteiger partial charge in [0.05, 0.1) is 6.61 Å². The number of carbonyl (C=O) groups excluding carboxylic acids is 1. The van der Waals surface area contributed by atoms with E-state index in [1.165, 1.54) is 0 Å². The number of amides is 1. The molecule has 0 unspecified atom stereocenters. The van der Waals surface area contributed by atoms with E-state index in [0.29, 0.717) is 0 Å². The van der Waals surface area contributed by atoms with Crippen molar-refractivity contribution in [3.63, 3.8) is 0 Å². The average molecular weight is 246 g/mol. The van der Waals surface area contributed by atoms with Crippen molar-refractivity contribution in [2.24, 2.45) is 5.41 Å². The second kappa shape index (κ2) is 4.17. The molecule has 1 aliphatic heterocycles. The molecule has 1 atom stereocenters. The van der Waals surface area contributed by atoms with Crippen molar-refractivity contribution in [3.05, 3.63) is 0 Å². The molecule has 1 N–H and O–H groups in total. The Kier molecular flexibility index (Phi) is 3.50. The van der Waals surface area contributed by atoms with Crippen molar-refractivity contribution >= 4 is 17.5 Å². The zero-order valence-corrected chi connectivity index (χ0v) is 8.61. The Hall–Kier alpha value is -0.490. The predicted molar refractivity (Wildman–Crippen MR) is 47.5 cm³/mol. The number of rotatable bonds is 2. The molecule has 7 heteroatoms. The Labute approximate surface area is 89.8 Å². The number of halogens is 4. The van der Waals surface area contributed by atoms with Crippen molar-refractivity contribution < 1.29 is 23.1 Å². The molecular weight excluding hydrogens is 235 g/mol. The summed E-state index contributed by atoms with van der Waals surface area (Å²) in [7, 11) is 0. The summed E-state index contributed by atoms with van der Waals surface area (Å²) >= 11 is 5.25. The van der Waals surface area contributed by atoms with Crippen LogP contribution < -0.4 is 0 Å². The van der Waals surface area contributed by atoms with Gasteiger partial charge in [0.25, 0.3) is 0 Å². The predicted octanol–water partition coefficient (Wildman–Crippen LogP) is 0.998. The van der Waals surface area contributed by atoms with Crippen LogP contribution >= 0.6 is 11.6 Å². The molecule has 0 aromatic carbocycles. The summed E-state index contributed by atoms with van der Waals surface area (Å²) in [6.45, 7) is -1.51. The molecule has 0 aromatic heterocycles. The molecular formula is C8H11ClF3NO2. The molecule has 0 saturated carbocycles. The van der Waals surface area contributed by atoms with E-state index < -0.39 is 30.7 Å². The Bertz CT molecular complexity index is 259. The number of carbonyl (C=O) groups is 1. The summed E-state index contributed by atoms with van der Waals surface area (Å²) in [6.07, 6.45) is -4.77. The van der Waals surface area contributed by atoms with E-state index in [1.54, 1.807) is 0 Å². The van der Waals surface area contributed by atoms with Crippen molar-refractivity contribution in [1.82, 2.24) is 4.90 Å². The highest BCUT2D eigenvalue weighted by atomic mass is 35.5. The highest BCUT2D eigenvalue weighted by Gasteiger charge is 2.58. The van der Waals surface area contributed by atoms with E-state index in [4.69, 9.17) is 16.7 Å². The molecule has 0 spiro atoms. The molecule has 3 nitrogen and oxygen atoms in total. The highest BCUT2D eigenvalue weighted by Crippen LogP contribution is 2.44. The first-order valence-electron chi connectivity index (χ1n) is 4.37. The van der Waals surface area contributed by atoms with Gasteiger partial charge in [-0.2, -0.15) is 13.2 Å². The maximum absolute atomic E-state index is 12.6. The molecule has 15 heavy (non-hydrogen) atoms. The second-order valence-corrected chi connectivity index (χ2v) is 3.90. The van der Waals surface area contributed by atoms with Gasteiger partial charge >= 0.3 is 6.18 Å². The van der Waals surface area contributed by atoms with E-state index in [0.717, 1.165) is 4.90 Å². The van der Waals surface area contributed by atoms with Gasteiger partial charge in [0.15, 0.2) is 0 Å². The zero-order chi connectivity index (χ0) is 11.7. The largest absolute Gasteiger partial charge is 0.398 e. The van der Waals surface area contributed by atoms with Crippen LogP contribution in [0.3, 0.4) is 0 Å². The standard InChI is InChI=1S/C8H11ClF3NO2/c9-3-6(15)13-2-1-7(4-13,5-14)8(10,11)12/h14H,1-5H2/t7-/m1/s1. The minimum absolute atomic E-state index is 0.00831. The van der Waals surface area contributed by atoms with Gasteiger partial charge in [-0.25, -0.2) is 0 Å². The topological polar surface area (TPSA) is 40.5 Å². The summed E-state index contributed by atoms with van der Waals surface area (Å²) in [6, 6.07) is 0. The van der Waals surface area contributed by atoms with E-state index in [2.05, 4.69) is 0 Å². The summed E-state index contributed by atoms with van der Waals surface area (Å²) in [5.74, 6) is -0.865. The smallest absolute Gasteiger partial charge is 0.395 e. The summed E-state index contributed by atoms with van der Waals surface area (Å²) in [4.78, 5) is 12.1. The van der Waals surface area contributed by atoms with E-state index in [1.807, 2.05) is 0 Å². The van der Waals surface area contributed by atoms with Crippen LogP contribution in [0.1, 0.15) is 6.42 Å². The highest BCUT2D eigenvalue weighted by molar-refractivity contribution is 6.27. The van der Waals surface area contributed by atoms with Gasteiger partial charge in [-0.05, 0) is 6.42 Å². The molecule has 1 heterocycles. The summed E-state index contributed by atoms with van der Waals surface area (Å²) < 4.78 is 37.9. The fourth-order valence-electron chi connectivity index (χ4n) is 1.62. The van der Waals surface area contributed by atoms with Crippen molar-refractivity contribution in [3.8, 4) is 0 Å². The average Bonchev–Trinajstić information content (AvgIpc) is 2.61. The van der Waals surface area contributed by atoms with Crippen LogP contribution in [0.15, 0.2) is 0 Å². The Balaban J connectivity index is 2.78. The van der Waals surface area contributed by atoms with Crippen LogP contribution in [0.5, 0.6) is 0 Å². The number of aliphatic hydroxyl groups is 1. The minimum atomic E-state index is -4.50. The Morgan fingerprint density at radius 1 is 1.53 bits per heavy atom. The summed E-state index contributed by atoms with van der Waals surface area (Å²) in [5.41, 5.74) is -2.17. The van der Waals surface area contributed by atoms with E-state index >= 15 is 0 Å². The second-order valence-electron chi connectivity index (χ2n) is 3.64. The zero-order valence-electron chi connectivity index (χ0n) is 7.85. The first-order chi connectivity index (χ1) is 6.86. The fraction of sp³-hybridized carbons (Fsp3) is 0.875. The summed E-state index contributed by atoms with van der Waals surface area (Å²) in [5, 5.41) is 8.83. The lowest BCUT2D eigenvalue weighted by atomic mass is 9.87. The third-order valence-electron chi connectivity index (χ3n) is 2.72. The molecule has 0 bridgehead atoms. The fourth-order valence-corrected chi connectivity index (χ4v) is 1.79. The maximum atomic E-state index is 12.6. The van der Waals surface area contributed by atoms with Crippen LogP contribution in [0.4, 0.5) is 13.2 Å². The third-order valence-corrected chi connectivity index (χ3v) is 2.95. The number of alkyl halides is 4. The first-order valence-corrected chi connectivity index (χ1v) is 4.91. The van der Waals surface area contributed by atoms with Gasteiger partial charge in [-0.15, -0.1) is 11.6 Å². The van der Waals surface area contributed by atoms with Crippen LogP contribution in [0.25, 0.3) is 0 Å². The van der Waals surface area contributed by atoms with Crippen molar-refractivity contribution in [2.45, 2.75) is 12.6 Å². The molecule has 0 aliphatic carbocycles. The maximum Gasteiger partial charge on any atom is 0.398 e. The van der Waals surface area contributed by atoms with Crippen LogP contribution in [0.2, 0.25) is 0 Å². The van der Waals surface area contributed by atoms with Gasteiger partial charge in [-0.1, -0.05) is 0 Å². The van der Waals surface area contributed by atoms with E-state index in [9.17, 15) is 18.0 Å². The number of hydrogen-bond donors (Lipinski definition) is 1. The normalized spacial score (nSPS) is 27.1. The lowest BCUT2D eigenvalue weighted by Gasteiger charge is -2.29.